The van der Waals surface area contributed by atoms with E-state index < -0.39 is 10.7 Å². The molecule has 94 valence electrons. The Bertz CT molecular complexity index is 610. The van der Waals surface area contributed by atoms with Crippen LogP contribution in [0.15, 0.2) is 18.2 Å². The van der Waals surface area contributed by atoms with Crippen molar-refractivity contribution in [2.75, 3.05) is 0 Å². The van der Waals surface area contributed by atoms with Gasteiger partial charge in [-0.3, -0.25) is 10.1 Å². The van der Waals surface area contributed by atoms with Crippen LogP contribution >= 0.6 is 0 Å². The van der Waals surface area contributed by atoms with E-state index in [2.05, 4.69) is 10.2 Å². The Morgan fingerprint density at radius 2 is 2.22 bits per heavy atom. The second-order valence-corrected chi connectivity index (χ2v) is 3.62. The zero-order chi connectivity index (χ0) is 13.3. The largest absolute Gasteiger partial charge is 0.324 e. The SMILES string of the molecule is Cn1c(CN)nnc1-c1ccc([N+](=O)[O-])cc1F. The fourth-order valence-corrected chi connectivity index (χ4v) is 1.57. The molecule has 0 amide bonds. The summed E-state index contributed by atoms with van der Waals surface area (Å²) in [5, 5.41) is 18.1. The molecule has 2 aromatic rings. The first-order chi connectivity index (χ1) is 8.54. The van der Waals surface area contributed by atoms with Gasteiger partial charge in [0.15, 0.2) is 5.82 Å². The quantitative estimate of drug-likeness (QED) is 0.647. The number of nitro benzene ring substituents is 1. The molecule has 0 aliphatic rings. The molecule has 0 fully saturated rings. The molecule has 2 N–H and O–H groups in total. The van der Waals surface area contributed by atoms with Crippen molar-refractivity contribution in [3.8, 4) is 11.4 Å². The number of hydrogen-bond acceptors (Lipinski definition) is 5. The molecule has 8 heteroatoms. The van der Waals surface area contributed by atoms with E-state index >= 15 is 0 Å². The van der Waals surface area contributed by atoms with Crippen molar-refractivity contribution >= 4 is 5.69 Å². The van der Waals surface area contributed by atoms with Crippen molar-refractivity contribution < 1.29 is 9.31 Å². The third-order valence-electron chi connectivity index (χ3n) is 2.55. The summed E-state index contributed by atoms with van der Waals surface area (Å²) in [4.78, 5) is 9.85. The van der Waals surface area contributed by atoms with Gasteiger partial charge in [0.1, 0.15) is 11.6 Å². The molecule has 1 aromatic heterocycles. The maximum Gasteiger partial charge on any atom is 0.272 e. The molecule has 0 bridgehead atoms. The Morgan fingerprint density at radius 3 is 2.72 bits per heavy atom. The number of non-ortho nitro benzene ring substituents is 1. The molecule has 0 saturated heterocycles. The van der Waals surface area contributed by atoms with Gasteiger partial charge in [-0.2, -0.15) is 0 Å². The number of nitrogens with two attached hydrogens (primary N) is 1. The standard InChI is InChI=1S/C10H10FN5O2/c1-15-9(5-12)13-14-10(15)7-3-2-6(16(17)18)4-8(7)11/h2-4H,5,12H2,1H3. The molecule has 0 unspecified atom stereocenters. The Kier molecular flexibility index (Phi) is 3.02. The monoisotopic (exact) mass is 251 g/mol. The molecule has 0 atom stereocenters. The van der Waals surface area contributed by atoms with Gasteiger partial charge in [-0.15, -0.1) is 10.2 Å². The molecule has 0 aliphatic heterocycles. The van der Waals surface area contributed by atoms with Crippen LogP contribution in [0.4, 0.5) is 10.1 Å². The van der Waals surface area contributed by atoms with E-state index in [1.165, 1.54) is 12.1 Å². The number of aromatic nitrogens is 3. The lowest BCUT2D eigenvalue weighted by Crippen LogP contribution is -2.06. The highest BCUT2D eigenvalue weighted by molar-refractivity contribution is 5.58. The number of hydrogen-bond donors (Lipinski definition) is 1. The van der Waals surface area contributed by atoms with E-state index in [1.54, 1.807) is 11.6 Å². The van der Waals surface area contributed by atoms with Gasteiger partial charge >= 0.3 is 0 Å². The van der Waals surface area contributed by atoms with E-state index in [-0.39, 0.29) is 23.6 Å². The first-order valence-electron chi connectivity index (χ1n) is 5.07. The zero-order valence-electron chi connectivity index (χ0n) is 9.50. The van der Waals surface area contributed by atoms with E-state index in [9.17, 15) is 14.5 Å². The number of rotatable bonds is 3. The predicted octanol–water partition coefficient (Wildman–Crippen LogP) is 0.988. The maximum absolute atomic E-state index is 13.8. The Labute approximate surface area is 101 Å². The smallest absolute Gasteiger partial charge is 0.272 e. The van der Waals surface area contributed by atoms with Gasteiger partial charge in [0, 0.05) is 13.1 Å². The lowest BCUT2D eigenvalue weighted by molar-refractivity contribution is -0.385. The maximum atomic E-state index is 13.8. The molecular formula is C10H10FN5O2. The fraction of sp³-hybridized carbons (Fsp3) is 0.200. The number of nitrogens with zero attached hydrogens (tertiary/aromatic N) is 4. The number of halogens is 1. The molecule has 0 aliphatic carbocycles. The molecular weight excluding hydrogens is 241 g/mol. The van der Waals surface area contributed by atoms with Gasteiger partial charge in [-0.1, -0.05) is 0 Å². The summed E-state index contributed by atoms with van der Waals surface area (Å²) in [5.41, 5.74) is 5.28. The van der Waals surface area contributed by atoms with Crippen molar-refractivity contribution in [1.29, 1.82) is 0 Å². The Hall–Kier alpha value is -2.35. The van der Waals surface area contributed by atoms with Crippen LogP contribution in [0.3, 0.4) is 0 Å². The third kappa shape index (κ3) is 1.93. The molecule has 2 rings (SSSR count). The van der Waals surface area contributed by atoms with Crippen molar-refractivity contribution in [1.82, 2.24) is 14.8 Å². The molecule has 1 heterocycles. The third-order valence-corrected chi connectivity index (χ3v) is 2.55. The van der Waals surface area contributed by atoms with Gasteiger partial charge in [0.25, 0.3) is 5.69 Å². The Balaban J connectivity index is 2.51. The van der Waals surface area contributed by atoms with Crippen molar-refractivity contribution in [3.63, 3.8) is 0 Å². The molecule has 0 spiro atoms. The van der Waals surface area contributed by atoms with Gasteiger partial charge in [0.2, 0.25) is 0 Å². The number of benzene rings is 1. The number of nitro groups is 1. The second kappa shape index (κ2) is 4.49. The highest BCUT2D eigenvalue weighted by Gasteiger charge is 2.16. The van der Waals surface area contributed by atoms with Crippen LogP contribution in [-0.2, 0) is 13.6 Å². The predicted molar refractivity (Wildman–Crippen MR) is 60.9 cm³/mol. The summed E-state index contributed by atoms with van der Waals surface area (Å²) in [6.07, 6.45) is 0. The minimum absolute atomic E-state index is 0.148. The summed E-state index contributed by atoms with van der Waals surface area (Å²) in [5.74, 6) is 0.0638. The minimum Gasteiger partial charge on any atom is -0.324 e. The average molecular weight is 251 g/mol. The fourth-order valence-electron chi connectivity index (χ4n) is 1.57. The molecule has 18 heavy (non-hydrogen) atoms. The topological polar surface area (TPSA) is 99.9 Å². The van der Waals surface area contributed by atoms with Gasteiger partial charge in [0.05, 0.1) is 23.1 Å². The van der Waals surface area contributed by atoms with Gasteiger partial charge in [-0.25, -0.2) is 4.39 Å². The van der Waals surface area contributed by atoms with Crippen molar-refractivity contribution in [2.24, 2.45) is 12.8 Å². The summed E-state index contributed by atoms with van der Waals surface area (Å²) in [6.45, 7) is 0.179. The summed E-state index contributed by atoms with van der Waals surface area (Å²) in [7, 11) is 1.65. The minimum atomic E-state index is -0.719. The van der Waals surface area contributed by atoms with Crippen LogP contribution in [-0.4, -0.2) is 19.7 Å². The second-order valence-electron chi connectivity index (χ2n) is 3.62. The summed E-state index contributed by atoms with van der Waals surface area (Å²) < 4.78 is 15.3. The van der Waals surface area contributed by atoms with E-state index in [1.807, 2.05) is 0 Å². The zero-order valence-corrected chi connectivity index (χ0v) is 9.50. The van der Waals surface area contributed by atoms with E-state index in [4.69, 9.17) is 5.73 Å². The lowest BCUT2D eigenvalue weighted by atomic mass is 10.2. The highest BCUT2D eigenvalue weighted by Crippen LogP contribution is 2.24. The van der Waals surface area contributed by atoms with Crippen LogP contribution < -0.4 is 5.73 Å². The highest BCUT2D eigenvalue weighted by atomic mass is 19.1. The lowest BCUT2D eigenvalue weighted by Gasteiger charge is -2.03. The van der Waals surface area contributed by atoms with Gasteiger partial charge < -0.3 is 10.3 Å². The first-order valence-corrected chi connectivity index (χ1v) is 5.07. The van der Waals surface area contributed by atoms with Crippen LogP contribution in [0, 0.1) is 15.9 Å². The molecule has 7 nitrogen and oxygen atoms in total. The first kappa shape index (κ1) is 12.1. The Morgan fingerprint density at radius 1 is 1.50 bits per heavy atom. The van der Waals surface area contributed by atoms with Crippen LogP contribution in [0.2, 0.25) is 0 Å². The van der Waals surface area contributed by atoms with E-state index in [0.717, 1.165) is 6.07 Å². The van der Waals surface area contributed by atoms with Crippen LogP contribution in [0.25, 0.3) is 11.4 Å². The summed E-state index contributed by atoms with van der Waals surface area (Å²) >= 11 is 0. The normalized spacial score (nSPS) is 10.6. The van der Waals surface area contributed by atoms with Crippen molar-refractivity contribution in [2.45, 2.75) is 6.54 Å². The molecule has 0 radical (unpaired) electrons. The molecule has 1 aromatic carbocycles. The van der Waals surface area contributed by atoms with Crippen LogP contribution in [0.1, 0.15) is 5.82 Å². The van der Waals surface area contributed by atoms with E-state index in [0.29, 0.717) is 5.82 Å². The summed E-state index contributed by atoms with van der Waals surface area (Å²) in [6, 6.07) is 3.37. The van der Waals surface area contributed by atoms with Crippen molar-refractivity contribution in [3.05, 3.63) is 40.0 Å². The van der Waals surface area contributed by atoms with Crippen LogP contribution in [0.5, 0.6) is 0 Å². The molecule has 0 saturated carbocycles. The average Bonchev–Trinajstić information content (AvgIpc) is 2.70. The van der Waals surface area contributed by atoms with Gasteiger partial charge in [-0.05, 0) is 6.07 Å².